The Morgan fingerprint density at radius 1 is 1.35 bits per heavy atom. The van der Waals surface area contributed by atoms with Gasteiger partial charge in [-0.1, -0.05) is 6.07 Å². The lowest BCUT2D eigenvalue weighted by Crippen LogP contribution is -2.19. The van der Waals surface area contributed by atoms with Crippen LogP contribution < -0.4 is 11.5 Å². The summed E-state index contributed by atoms with van der Waals surface area (Å²) in [5.74, 6) is -0.502. The average molecular weight is 291 g/mol. The molecule has 0 saturated carbocycles. The highest BCUT2D eigenvalue weighted by Gasteiger charge is 2.16. The smallest absolute Gasteiger partial charge is 0.270 e. The molecule has 0 aliphatic rings. The molecule has 4 N–H and O–H groups in total. The third kappa shape index (κ3) is 2.47. The van der Waals surface area contributed by atoms with E-state index in [0.29, 0.717) is 0 Å². The average Bonchev–Trinajstić information content (AvgIpc) is 2.37. The fraction of sp³-hybridized carbons (Fsp3) is 0. The van der Waals surface area contributed by atoms with Crippen LogP contribution in [0.25, 0.3) is 0 Å². The first kappa shape index (κ1) is 13.6. The maximum absolute atomic E-state index is 12.3. The molecular formula is C11H9N5O3S. The van der Waals surface area contributed by atoms with Crippen molar-refractivity contribution in [2.24, 2.45) is 0 Å². The Morgan fingerprint density at radius 3 is 2.65 bits per heavy atom. The largest absolute Gasteiger partial charge is 0.385 e. The minimum atomic E-state index is -0.608. The highest BCUT2D eigenvalue weighted by atomic mass is 32.1. The number of nitrogens with zero attached hydrogens (tertiary/aromatic N) is 3. The van der Waals surface area contributed by atoms with Gasteiger partial charge in [-0.3, -0.25) is 14.9 Å². The number of nitro groups is 1. The number of benzene rings is 1. The van der Waals surface area contributed by atoms with E-state index in [9.17, 15) is 14.9 Å². The minimum Gasteiger partial charge on any atom is -0.385 e. The molecule has 1 aromatic heterocycles. The van der Waals surface area contributed by atoms with Crippen molar-refractivity contribution in [3.05, 3.63) is 50.8 Å². The van der Waals surface area contributed by atoms with E-state index < -0.39 is 10.8 Å². The van der Waals surface area contributed by atoms with E-state index in [-0.39, 0.29) is 27.7 Å². The molecule has 102 valence electrons. The summed E-state index contributed by atoms with van der Waals surface area (Å²) >= 11 is 4.92. The highest BCUT2D eigenvalue weighted by Crippen LogP contribution is 2.16. The zero-order valence-corrected chi connectivity index (χ0v) is 10.8. The third-order valence-corrected chi connectivity index (χ3v) is 2.75. The second kappa shape index (κ2) is 5.05. The van der Waals surface area contributed by atoms with Gasteiger partial charge in [0.1, 0.15) is 11.6 Å². The molecule has 0 amide bonds. The van der Waals surface area contributed by atoms with Crippen molar-refractivity contribution in [3.8, 4) is 0 Å². The SMILES string of the molecule is Nc1cc(N)n(C(=O)c2cccc([N+](=O)[O-])c2)c(=S)n1. The van der Waals surface area contributed by atoms with E-state index in [0.717, 1.165) is 10.6 Å². The van der Waals surface area contributed by atoms with Crippen LogP contribution in [0.2, 0.25) is 0 Å². The normalized spacial score (nSPS) is 10.2. The molecule has 0 bridgehead atoms. The molecule has 0 atom stereocenters. The maximum Gasteiger partial charge on any atom is 0.270 e. The Bertz CT molecular complexity index is 771. The molecule has 9 heteroatoms. The number of anilines is 2. The number of hydrogen-bond donors (Lipinski definition) is 2. The first-order valence-electron chi connectivity index (χ1n) is 5.34. The number of carbonyl (C=O) groups is 1. The van der Waals surface area contributed by atoms with Gasteiger partial charge in [-0.05, 0) is 18.3 Å². The number of nitro benzene ring substituents is 1. The van der Waals surface area contributed by atoms with Crippen LogP contribution in [0.5, 0.6) is 0 Å². The van der Waals surface area contributed by atoms with Crippen LogP contribution in [0, 0.1) is 14.9 Å². The van der Waals surface area contributed by atoms with Gasteiger partial charge in [0.25, 0.3) is 11.6 Å². The van der Waals surface area contributed by atoms with Crippen LogP contribution in [0.3, 0.4) is 0 Å². The van der Waals surface area contributed by atoms with E-state index >= 15 is 0 Å². The first-order chi connectivity index (χ1) is 9.40. The predicted octanol–water partition coefficient (Wildman–Crippen LogP) is 1.37. The van der Waals surface area contributed by atoms with Gasteiger partial charge in [0, 0.05) is 23.8 Å². The highest BCUT2D eigenvalue weighted by molar-refractivity contribution is 7.71. The van der Waals surface area contributed by atoms with E-state index in [1.165, 1.54) is 24.3 Å². The number of nitrogen functional groups attached to an aromatic ring is 2. The van der Waals surface area contributed by atoms with Crippen LogP contribution in [-0.4, -0.2) is 20.4 Å². The van der Waals surface area contributed by atoms with Gasteiger partial charge >= 0.3 is 0 Å². The Balaban J connectivity index is 2.55. The first-order valence-corrected chi connectivity index (χ1v) is 5.75. The quantitative estimate of drug-likeness (QED) is 0.485. The molecule has 2 rings (SSSR count). The summed E-state index contributed by atoms with van der Waals surface area (Å²) < 4.78 is 0.851. The lowest BCUT2D eigenvalue weighted by molar-refractivity contribution is -0.384. The number of aromatic nitrogens is 2. The summed E-state index contributed by atoms with van der Waals surface area (Å²) in [4.78, 5) is 26.2. The molecule has 0 radical (unpaired) electrons. The van der Waals surface area contributed by atoms with Gasteiger partial charge in [-0.25, -0.2) is 9.55 Å². The standard InChI is InChI=1S/C11H9N5O3S/c12-8-5-9(13)15(11(20)14-8)10(17)6-2-1-3-7(4-6)16(18)19/h1-5H,13H2,(H2,12,14,20). The molecule has 0 fully saturated rings. The van der Waals surface area contributed by atoms with Crippen LogP contribution in [-0.2, 0) is 0 Å². The lowest BCUT2D eigenvalue weighted by Gasteiger charge is -2.09. The fourth-order valence-electron chi connectivity index (χ4n) is 1.60. The van der Waals surface area contributed by atoms with Crippen molar-refractivity contribution in [2.45, 2.75) is 0 Å². The Hall–Kier alpha value is -2.81. The molecular weight excluding hydrogens is 282 g/mol. The molecule has 0 saturated heterocycles. The molecule has 0 unspecified atom stereocenters. The third-order valence-electron chi connectivity index (χ3n) is 2.48. The predicted molar refractivity (Wildman–Crippen MR) is 74.7 cm³/mol. The summed E-state index contributed by atoms with van der Waals surface area (Å²) in [6.45, 7) is 0. The Labute approximate surface area is 117 Å². The van der Waals surface area contributed by atoms with Crippen molar-refractivity contribution in [2.75, 3.05) is 11.5 Å². The van der Waals surface area contributed by atoms with Crippen molar-refractivity contribution in [1.29, 1.82) is 0 Å². The van der Waals surface area contributed by atoms with Crippen molar-refractivity contribution in [1.82, 2.24) is 9.55 Å². The van der Waals surface area contributed by atoms with Crippen molar-refractivity contribution >= 4 is 35.4 Å². The maximum atomic E-state index is 12.3. The molecule has 1 heterocycles. The van der Waals surface area contributed by atoms with E-state index in [1.807, 2.05) is 0 Å². The lowest BCUT2D eigenvalue weighted by atomic mass is 10.2. The molecule has 20 heavy (non-hydrogen) atoms. The van der Waals surface area contributed by atoms with E-state index in [2.05, 4.69) is 4.98 Å². The molecule has 0 aliphatic carbocycles. The van der Waals surface area contributed by atoms with E-state index in [1.54, 1.807) is 0 Å². The monoisotopic (exact) mass is 291 g/mol. The number of rotatable bonds is 2. The van der Waals surface area contributed by atoms with Gasteiger partial charge in [0.2, 0.25) is 4.77 Å². The number of non-ortho nitro benzene ring substituents is 1. The van der Waals surface area contributed by atoms with Crippen LogP contribution in [0.1, 0.15) is 10.4 Å². The van der Waals surface area contributed by atoms with Crippen molar-refractivity contribution < 1.29 is 9.72 Å². The van der Waals surface area contributed by atoms with Crippen molar-refractivity contribution in [3.63, 3.8) is 0 Å². The molecule has 8 nitrogen and oxygen atoms in total. The van der Waals surface area contributed by atoms with Gasteiger partial charge in [0.05, 0.1) is 4.92 Å². The van der Waals surface area contributed by atoms with Gasteiger partial charge in [-0.2, -0.15) is 0 Å². The number of nitrogens with two attached hydrogens (primary N) is 2. The molecule has 0 aliphatic heterocycles. The molecule has 0 spiro atoms. The van der Waals surface area contributed by atoms with Gasteiger partial charge in [0.15, 0.2) is 0 Å². The van der Waals surface area contributed by atoms with Gasteiger partial charge < -0.3 is 11.5 Å². The Morgan fingerprint density at radius 2 is 2.05 bits per heavy atom. The summed E-state index contributed by atoms with van der Waals surface area (Å²) in [6, 6.07) is 6.52. The second-order valence-corrected chi connectivity index (χ2v) is 4.20. The summed E-state index contributed by atoms with van der Waals surface area (Å²) in [5, 5.41) is 10.7. The van der Waals surface area contributed by atoms with Crippen LogP contribution in [0.15, 0.2) is 30.3 Å². The summed E-state index contributed by atoms with van der Waals surface area (Å²) in [7, 11) is 0. The second-order valence-electron chi connectivity index (χ2n) is 3.84. The topological polar surface area (TPSA) is 130 Å². The number of carbonyl (C=O) groups excluding carboxylic acids is 1. The summed E-state index contributed by atoms with van der Waals surface area (Å²) in [5.41, 5.74) is 11.0. The molecule has 2 aromatic rings. The zero-order chi connectivity index (χ0) is 14.9. The number of hydrogen-bond acceptors (Lipinski definition) is 7. The minimum absolute atomic E-state index is 0.0130. The Kier molecular flexibility index (Phi) is 3.44. The van der Waals surface area contributed by atoms with E-state index in [4.69, 9.17) is 23.7 Å². The summed E-state index contributed by atoms with van der Waals surface area (Å²) in [6.07, 6.45) is 0. The fourth-order valence-corrected chi connectivity index (χ4v) is 1.90. The molecule has 1 aromatic carbocycles. The zero-order valence-electron chi connectivity index (χ0n) is 10.0. The van der Waals surface area contributed by atoms with Gasteiger partial charge in [-0.15, -0.1) is 0 Å². The van der Waals surface area contributed by atoms with Crippen LogP contribution in [0.4, 0.5) is 17.3 Å². The van der Waals surface area contributed by atoms with Crippen LogP contribution >= 0.6 is 12.2 Å².